The second kappa shape index (κ2) is 6.74. The molecule has 2 aromatic heterocycles. The zero-order valence-corrected chi connectivity index (χ0v) is 14.8. The van der Waals surface area contributed by atoms with E-state index in [4.69, 9.17) is 4.74 Å². The molecule has 6 nitrogen and oxygen atoms in total. The minimum Gasteiger partial charge on any atom is -0.370 e. The molecule has 7 heteroatoms. The largest absolute Gasteiger partial charge is 0.370 e. The van der Waals surface area contributed by atoms with Crippen molar-refractivity contribution in [2.45, 2.75) is 31.9 Å². The fraction of sp³-hybridized carbons (Fsp3) is 0.588. The molecule has 2 aliphatic rings. The van der Waals surface area contributed by atoms with Crippen LogP contribution in [-0.2, 0) is 11.3 Å². The van der Waals surface area contributed by atoms with E-state index in [1.807, 2.05) is 13.0 Å². The van der Waals surface area contributed by atoms with Gasteiger partial charge in [0.15, 0.2) is 0 Å². The summed E-state index contributed by atoms with van der Waals surface area (Å²) in [5, 5.41) is 9.22. The molecule has 1 unspecified atom stereocenters. The van der Waals surface area contributed by atoms with Crippen LogP contribution in [0.4, 0.5) is 5.13 Å². The highest BCUT2D eigenvalue weighted by Gasteiger charge is 2.41. The Morgan fingerprint density at radius 3 is 3.08 bits per heavy atom. The van der Waals surface area contributed by atoms with Gasteiger partial charge in [-0.25, -0.2) is 0 Å². The molecule has 0 saturated carbocycles. The Morgan fingerprint density at radius 2 is 2.25 bits per heavy atom. The maximum Gasteiger partial charge on any atom is 0.208 e. The summed E-state index contributed by atoms with van der Waals surface area (Å²) < 4.78 is 6.28. The van der Waals surface area contributed by atoms with E-state index in [1.165, 1.54) is 0 Å². The van der Waals surface area contributed by atoms with E-state index in [2.05, 4.69) is 37.1 Å². The van der Waals surface area contributed by atoms with E-state index in [-0.39, 0.29) is 5.60 Å². The third-order valence-electron chi connectivity index (χ3n) is 4.82. The molecule has 0 bridgehead atoms. The first-order chi connectivity index (χ1) is 11.7. The number of pyridine rings is 1. The van der Waals surface area contributed by atoms with Gasteiger partial charge in [-0.2, -0.15) is 0 Å². The molecular weight excluding hydrogens is 322 g/mol. The smallest absolute Gasteiger partial charge is 0.208 e. The van der Waals surface area contributed by atoms with Crippen molar-refractivity contribution < 1.29 is 4.74 Å². The number of nitrogens with zero attached hydrogens (tertiary/aromatic N) is 5. The average molecular weight is 345 g/mol. The Kier molecular flexibility index (Phi) is 4.47. The molecule has 1 atom stereocenters. The van der Waals surface area contributed by atoms with Gasteiger partial charge in [0.25, 0.3) is 0 Å². The molecule has 2 fully saturated rings. The third-order valence-corrected chi connectivity index (χ3v) is 5.57. The highest BCUT2D eigenvalue weighted by Crippen LogP contribution is 2.32. The normalized spacial score (nSPS) is 25.3. The Balaban J connectivity index is 1.45. The SMILES string of the molecule is Cc1cccc(CN2CCOC3(CCCN(c4nncs4)C3)C2)n1. The first-order valence-electron chi connectivity index (χ1n) is 8.52. The van der Waals surface area contributed by atoms with Gasteiger partial charge in [0, 0.05) is 31.9 Å². The molecule has 2 aliphatic heterocycles. The highest BCUT2D eigenvalue weighted by atomic mass is 32.1. The van der Waals surface area contributed by atoms with E-state index in [0.717, 1.165) is 68.7 Å². The molecule has 128 valence electrons. The Morgan fingerprint density at radius 1 is 1.29 bits per heavy atom. The maximum absolute atomic E-state index is 6.28. The lowest BCUT2D eigenvalue weighted by Gasteiger charge is -2.48. The first-order valence-corrected chi connectivity index (χ1v) is 9.40. The molecule has 2 saturated heterocycles. The van der Waals surface area contributed by atoms with Crippen molar-refractivity contribution in [2.75, 3.05) is 37.7 Å². The van der Waals surface area contributed by atoms with Gasteiger partial charge < -0.3 is 9.64 Å². The lowest BCUT2D eigenvalue weighted by atomic mass is 9.91. The van der Waals surface area contributed by atoms with E-state index < -0.39 is 0 Å². The molecule has 24 heavy (non-hydrogen) atoms. The number of anilines is 1. The zero-order chi connectivity index (χ0) is 16.4. The number of aromatic nitrogens is 3. The van der Waals surface area contributed by atoms with Crippen LogP contribution in [-0.4, -0.2) is 58.5 Å². The van der Waals surface area contributed by atoms with Gasteiger partial charge in [-0.3, -0.25) is 9.88 Å². The van der Waals surface area contributed by atoms with Gasteiger partial charge in [0.1, 0.15) is 5.51 Å². The Hall–Kier alpha value is -1.57. The van der Waals surface area contributed by atoms with Crippen molar-refractivity contribution in [2.24, 2.45) is 0 Å². The zero-order valence-electron chi connectivity index (χ0n) is 14.0. The van der Waals surface area contributed by atoms with Crippen LogP contribution in [0.5, 0.6) is 0 Å². The highest BCUT2D eigenvalue weighted by molar-refractivity contribution is 7.13. The number of aryl methyl sites for hydroxylation is 1. The fourth-order valence-corrected chi connectivity index (χ4v) is 4.38. The Labute approximate surface area is 146 Å². The Bertz CT molecular complexity index is 675. The van der Waals surface area contributed by atoms with Crippen LogP contribution in [0.1, 0.15) is 24.2 Å². The number of hydrogen-bond donors (Lipinski definition) is 0. The average Bonchev–Trinajstić information content (AvgIpc) is 3.09. The maximum atomic E-state index is 6.28. The molecule has 0 radical (unpaired) electrons. The van der Waals surface area contributed by atoms with Crippen LogP contribution in [0.25, 0.3) is 0 Å². The second-order valence-corrected chi connectivity index (χ2v) is 7.57. The van der Waals surface area contributed by atoms with E-state index in [0.29, 0.717) is 0 Å². The van der Waals surface area contributed by atoms with Crippen molar-refractivity contribution in [1.82, 2.24) is 20.1 Å². The lowest BCUT2D eigenvalue weighted by molar-refractivity contribution is -0.116. The van der Waals surface area contributed by atoms with Gasteiger partial charge in [0.05, 0.1) is 24.4 Å². The summed E-state index contributed by atoms with van der Waals surface area (Å²) in [6, 6.07) is 6.25. The predicted octanol–water partition coefficient (Wildman–Crippen LogP) is 2.11. The van der Waals surface area contributed by atoms with Crippen LogP contribution >= 0.6 is 11.3 Å². The van der Waals surface area contributed by atoms with Crippen molar-refractivity contribution in [1.29, 1.82) is 0 Å². The van der Waals surface area contributed by atoms with Gasteiger partial charge in [0.2, 0.25) is 5.13 Å². The van der Waals surface area contributed by atoms with Crippen molar-refractivity contribution in [3.8, 4) is 0 Å². The first kappa shape index (κ1) is 15.9. The predicted molar refractivity (Wildman–Crippen MR) is 94.3 cm³/mol. The second-order valence-electron chi connectivity index (χ2n) is 6.76. The summed E-state index contributed by atoms with van der Waals surface area (Å²) >= 11 is 1.61. The standard InChI is InChI=1S/C17H23N5OS/c1-14-4-2-5-15(19-14)10-21-8-9-23-17(11-21)6-3-7-22(12-17)16-20-18-13-24-16/h2,4-5,13H,3,6-12H2,1H3. The number of ether oxygens (including phenoxy) is 1. The molecular formula is C17H23N5OS. The molecule has 1 spiro atoms. The number of morpholine rings is 1. The summed E-state index contributed by atoms with van der Waals surface area (Å²) in [5.74, 6) is 0. The quantitative estimate of drug-likeness (QED) is 0.849. The molecule has 4 heterocycles. The van der Waals surface area contributed by atoms with E-state index >= 15 is 0 Å². The minimum atomic E-state index is -0.0913. The topological polar surface area (TPSA) is 54.4 Å². The number of piperidine rings is 1. The summed E-state index contributed by atoms with van der Waals surface area (Å²) in [6.45, 7) is 7.60. The monoisotopic (exact) mass is 345 g/mol. The fourth-order valence-electron chi connectivity index (χ4n) is 3.79. The van der Waals surface area contributed by atoms with Crippen LogP contribution in [0.15, 0.2) is 23.7 Å². The number of rotatable bonds is 3. The van der Waals surface area contributed by atoms with Crippen molar-refractivity contribution in [3.63, 3.8) is 0 Å². The molecule has 2 aromatic rings. The van der Waals surface area contributed by atoms with Gasteiger partial charge >= 0.3 is 0 Å². The van der Waals surface area contributed by atoms with E-state index in [1.54, 1.807) is 16.8 Å². The molecule has 0 aromatic carbocycles. The van der Waals surface area contributed by atoms with Gasteiger partial charge in [-0.05, 0) is 31.9 Å². The van der Waals surface area contributed by atoms with Crippen LogP contribution < -0.4 is 4.90 Å². The number of hydrogen-bond acceptors (Lipinski definition) is 7. The van der Waals surface area contributed by atoms with Gasteiger partial charge in [-0.1, -0.05) is 17.4 Å². The summed E-state index contributed by atoms with van der Waals surface area (Å²) in [7, 11) is 0. The van der Waals surface area contributed by atoms with Gasteiger partial charge in [-0.15, -0.1) is 10.2 Å². The summed E-state index contributed by atoms with van der Waals surface area (Å²) in [6.07, 6.45) is 2.25. The van der Waals surface area contributed by atoms with Crippen LogP contribution in [0.3, 0.4) is 0 Å². The summed E-state index contributed by atoms with van der Waals surface area (Å²) in [4.78, 5) is 9.46. The third kappa shape index (κ3) is 3.43. The molecule has 0 N–H and O–H groups in total. The lowest BCUT2D eigenvalue weighted by Crippen LogP contribution is -2.59. The van der Waals surface area contributed by atoms with Crippen molar-refractivity contribution >= 4 is 16.5 Å². The molecule has 0 aliphatic carbocycles. The van der Waals surface area contributed by atoms with Crippen molar-refractivity contribution in [3.05, 3.63) is 35.1 Å². The van der Waals surface area contributed by atoms with E-state index in [9.17, 15) is 0 Å². The molecule has 0 amide bonds. The minimum absolute atomic E-state index is 0.0913. The van der Waals surface area contributed by atoms with Crippen LogP contribution in [0.2, 0.25) is 0 Å². The molecule has 4 rings (SSSR count). The van der Waals surface area contributed by atoms with Crippen LogP contribution in [0, 0.1) is 6.92 Å². The summed E-state index contributed by atoms with van der Waals surface area (Å²) in [5.41, 5.74) is 3.93.